The van der Waals surface area contributed by atoms with Crippen molar-refractivity contribution in [2.45, 2.75) is 13.8 Å². The lowest BCUT2D eigenvalue weighted by Gasteiger charge is -2.15. The van der Waals surface area contributed by atoms with Crippen LogP contribution in [-0.4, -0.2) is 11.8 Å². The molecule has 162 valence electrons. The summed E-state index contributed by atoms with van der Waals surface area (Å²) in [5, 5.41) is 0. The molecule has 0 atom stereocenters. The molecule has 0 aliphatic carbocycles. The van der Waals surface area contributed by atoms with E-state index in [1.807, 2.05) is 62.4 Å². The Morgan fingerprint density at radius 2 is 1.09 bits per heavy atom. The zero-order valence-electron chi connectivity index (χ0n) is 18.2. The fourth-order valence-corrected chi connectivity index (χ4v) is 3.83. The van der Waals surface area contributed by atoms with Gasteiger partial charge in [-0.3, -0.25) is 9.59 Å². The highest BCUT2D eigenvalue weighted by Crippen LogP contribution is 2.33. The van der Waals surface area contributed by atoms with E-state index >= 15 is 0 Å². The van der Waals surface area contributed by atoms with Gasteiger partial charge in [-0.2, -0.15) is 0 Å². The Morgan fingerprint density at radius 3 is 1.79 bits per heavy atom. The number of hydrogen-bond acceptors (Lipinski definition) is 4. The molecule has 0 unspecified atom stereocenters. The van der Waals surface area contributed by atoms with E-state index in [1.165, 1.54) is 4.90 Å². The minimum Gasteiger partial charge on any atom is -0.457 e. The molecule has 0 aromatic heterocycles. The first-order valence-corrected chi connectivity index (χ1v) is 10.6. The second kappa shape index (κ2) is 8.28. The molecular formula is C28H21NO4. The Balaban J connectivity index is 1.38. The standard InChI is InChI=1S/C28H21NO4/c1-18-6-3-8-21(14-18)32-23-10-5-11-24(17-23)33-22-9-4-7-20(16-22)29-27(30)25-13-12-19(2)15-26(25)28(29)31/h3-17H,1-2H3. The highest BCUT2D eigenvalue weighted by atomic mass is 16.5. The van der Waals surface area contributed by atoms with Gasteiger partial charge in [-0.1, -0.05) is 35.9 Å². The molecule has 0 radical (unpaired) electrons. The highest BCUT2D eigenvalue weighted by molar-refractivity contribution is 6.34. The number of rotatable bonds is 5. The van der Waals surface area contributed by atoms with E-state index in [9.17, 15) is 9.59 Å². The first-order chi connectivity index (χ1) is 16.0. The Kier molecular flexibility index (Phi) is 5.15. The number of carbonyl (C=O) groups excluding carboxylic acids is 2. The Labute approximate surface area is 191 Å². The smallest absolute Gasteiger partial charge is 0.266 e. The monoisotopic (exact) mass is 435 g/mol. The summed E-state index contributed by atoms with van der Waals surface area (Å²) in [5.74, 6) is 1.81. The number of ether oxygens (including phenoxy) is 2. The molecule has 4 aromatic rings. The second-order valence-electron chi connectivity index (χ2n) is 7.99. The van der Waals surface area contributed by atoms with Crippen molar-refractivity contribution in [1.82, 2.24) is 0 Å². The summed E-state index contributed by atoms with van der Waals surface area (Å²) >= 11 is 0. The summed E-state index contributed by atoms with van der Waals surface area (Å²) in [5.41, 5.74) is 3.34. The number of fused-ring (bicyclic) bond motifs is 1. The van der Waals surface area contributed by atoms with Crippen LogP contribution in [0.25, 0.3) is 0 Å². The van der Waals surface area contributed by atoms with Crippen LogP contribution < -0.4 is 14.4 Å². The van der Waals surface area contributed by atoms with Crippen molar-refractivity contribution < 1.29 is 19.1 Å². The fourth-order valence-electron chi connectivity index (χ4n) is 3.83. The van der Waals surface area contributed by atoms with Crippen LogP contribution in [0.15, 0.2) is 91.0 Å². The van der Waals surface area contributed by atoms with Crippen molar-refractivity contribution in [1.29, 1.82) is 0 Å². The average Bonchev–Trinajstić information content (AvgIpc) is 3.03. The highest BCUT2D eigenvalue weighted by Gasteiger charge is 2.36. The third-order valence-electron chi connectivity index (χ3n) is 5.38. The quantitative estimate of drug-likeness (QED) is 0.328. The predicted octanol–water partition coefficient (Wildman–Crippen LogP) is 6.69. The summed E-state index contributed by atoms with van der Waals surface area (Å²) in [6.45, 7) is 3.90. The SMILES string of the molecule is Cc1cccc(Oc2cccc(Oc3cccc(N4C(=O)c5ccc(C)cc5C4=O)c3)c2)c1. The van der Waals surface area contributed by atoms with E-state index in [1.54, 1.807) is 42.5 Å². The molecule has 4 aromatic carbocycles. The van der Waals surface area contributed by atoms with E-state index in [2.05, 4.69) is 0 Å². The van der Waals surface area contributed by atoms with Crippen LogP contribution in [0.4, 0.5) is 5.69 Å². The van der Waals surface area contributed by atoms with Crippen LogP contribution in [0, 0.1) is 13.8 Å². The molecule has 0 N–H and O–H groups in total. The van der Waals surface area contributed by atoms with Gasteiger partial charge in [-0.25, -0.2) is 4.90 Å². The number of carbonyl (C=O) groups is 2. The number of hydrogen-bond donors (Lipinski definition) is 0. The third kappa shape index (κ3) is 4.08. The minimum atomic E-state index is -0.333. The summed E-state index contributed by atoms with van der Waals surface area (Å²) < 4.78 is 12.0. The lowest BCUT2D eigenvalue weighted by Crippen LogP contribution is -2.29. The molecular weight excluding hydrogens is 414 g/mol. The number of nitrogens with zero attached hydrogens (tertiary/aromatic N) is 1. The van der Waals surface area contributed by atoms with Crippen LogP contribution in [0.1, 0.15) is 31.8 Å². The third-order valence-corrected chi connectivity index (χ3v) is 5.38. The van der Waals surface area contributed by atoms with Gasteiger partial charge in [0, 0.05) is 12.1 Å². The maximum Gasteiger partial charge on any atom is 0.266 e. The first kappa shape index (κ1) is 20.5. The van der Waals surface area contributed by atoms with Crippen molar-refractivity contribution in [2.24, 2.45) is 0 Å². The van der Waals surface area contributed by atoms with Crippen molar-refractivity contribution >= 4 is 17.5 Å². The van der Waals surface area contributed by atoms with Gasteiger partial charge in [0.15, 0.2) is 0 Å². The zero-order valence-corrected chi connectivity index (χ0v) is 18.2. The number of benzene rings is 4. The molecule has 5 nitrogen and oxygen atoms in total. The largest absolute Gasteiger partial charge is 0.457 e. The van der Waals surface area contributed by atoms with Crippen molar-refractivity contribution in [3.05, 3.63) is 113 Å². The zero-order chi connectivity index (χ0) is 22.9. The predicted molar refractivity (Wildman–Crippen MR) is 127 cm³/mol. The van der Waals surface area contributed by atoms with E-state index < -0.39 is 0 Å². The summed E-state index contributed by atoms with van der Waals surface area (Å²) in [6.07, 6.45) is 0. The molecule has 5 rings (SSSR count). The van der Waals surface area contributed by atoms with Crippen molar-refractivity contribution in [3.63, 3.8) is 0 Å². The van der Waals surface area contributed by atoms with Crippen molar-refractivity contribution in [2.75, 3.05) is 4.90 Å². The Hall–Kier alpha value is -4.38. The van der Waals surface area contributed by atoms with Crippen LogP contribution in [-0.2, 0) is 0 Å². The maximum absolute atomic E-state index is 12.9. The van der Waals surface area contributed by atoms with Gasteiger partial charge >= 0.3 is 0 Å². The first-order valence-electron chi connectivity index (χ1n) is 10.6. The molecule has 5 heteroatoms. The van der Waals surface area contributed by atoms with E-state index in [-0.39, 0.29) is 11.8 Å². The molecule has 2 amide bonds. The molecule has 0 spiro atoms. The van der Waals surface area contributed by atoms with Gasteiger partial charge < -0.3 is 9.47 Å². The normalized spacial score (nSPS) is 12.6. The maximum atomic E-state index is 12.9. The van der Waals surface area contributed by atoms with Gasteiger partial charge in [0.25, 0.3) is 11.8 Å². The summed E-state index contributed by atoms with van der Waals surface area (Å²) in [6, 6.07) is 27.3. The molecule has 1 heterocycles. The number of amides is 2. The molecule has 0 saturated heterocycles. The van der Waals surface area contributed by atoms with Crippen molar-refractivity contribution in [3.8, 4) is 23.0 Å². The topological polar surface area (TPSA) is 55.8 Å². The van der Waals surface area contributed by atoms with Gasteiger partial charge in [0.1, 0.15) is 23.0 Å². The molecule has 0 bridgehead atoms. The second-order valence-corrected chi connectivity index (χ2v) is 7.99. The van der Waals surface area contributed by atoms with Gasteiger partial charge in [-0.15, -0.1) is 0 Å². The summed E-state index contributed by atoms with van der Waals surface area (Å²) in [7, 11) is 0. The molecule has 0 fully saturated rings. The van der Waals surface area contributed by atoms with Crippen LogP contribution >= 0.6 is 0 Å². The molecule has 33 heavy (non-hydrogen) atoms. The van der Waals surface area contributed by atoms with Crippen LogP contribution in [0.5, 0.6) is 23.0 Å². The average molecular weight is 435 g/mol. The summed E-state index contributed by atoms with van der Waals surface area (Å²) in [4.78, 5) is 27.0. The van der Waals surface area contributed by atoms with E-state index in [0.29, 0.717) is 34.1 Å². The molecule has 1 aliphatic rings. The van der Waals surface area contributed by atoms with Gasteiger partial charge in [0.05, 0.1) is 16.8 Å². The molecule has 0 saturated carbocycles. The number of aryl methyl sites for hydroxylation is 2. The number of imide groups is 1. The molecule has 1 aliphatic heterocycles. The van der Waals surface area contributed by atoms with Gasteiger partial charge in [-0.05, 0) is 67.9 Å². The van der Waals surface area contributed by atoms with E-state index in [4.69, 9.17) is 9.47 Å². The van der Waals surface area contributed by atoms with Crippen LogP contribution in [0.3, 0.4) is 0 Å². The Bertz CT molecular complexity index is 1390. The van der Waals surface area contributed by atoms with Crippen LogP contribution in [0.2, 0.25) is 0 Å². The lowest BCUT2D eigenvalue weighted by atomic mass is 10.1. The fraction of sp³-hybridized carbons (Fsp3) is 0.0714. The van der Waals surface area contributed by atoms with E-state index in [0.717, 1.165) is 16.9 Å². The minimum absolute atomic E-state index is 0.329. The van der Waals surface area contributed by atoms with Gasteiger partial charge in [0.2, 0.25) is 0 Å². The Morgan fingerprint density at radius 1 is 0.545 bits per heavy atom. The number of anilines is 1. The lowest BCUT2D eigenvalue weighted by molar-refractivity contribution is 0.0926.